The highest BCUT2D eigenvalue weighted by molar-refractivity contribution is 5.70. The number of hydrogen-bond donors (Lipinski definition) is 1. The fourth-order valence-corrected chi connectivity index (χ4v) is 5.35. The smallest absolute Gasteiger partial charge is 0.409 e. The molecule has 1 amide bonds. The van der Waals surface area contributed by atoms with Crippen molar-refractivity contribution < 1.29 is 28.9 Å². The van der Waals surface area contributed by atoms with Crippen molar-refractivity contribution in [2.24, 2.45) is 29.1 Å². The van der Waals surface area contributed by atoms with Gasteiger partial charge in [-0.1, -0.05) is 78.8 Å². The molecular formula is C33H55NO6. The quantitative estimate of drug-likeness (QED) is 0.146. The van der Waals surface area contributed by atoms with Gasteiger partial charge in [-0.15, -0.1) is 0 Å². The fourth-order valence-electron chi connectivity index (χ4n) is 5.35. The van der Waals surface area contributed by atoms with Gasteiger partial charge in [-0.25, -0.2) is 4.79 Å². The Labute approximate surface area is 243 Å². The number of aliphatic hydroxyl groups is 1. The first-order valence-corrected chi connectivity index (χ1v) is 15.1. The molecule has 9 unspecified atom stereocenters. The van der Waals surface area contributed by atoms with Crippen molar-refractivity contribution in [3.63, 3.8) is 0 Å². The number of amides is 1. The van der Waals surface area contributed by atoms with E-state index in [1.165, 1.54) is 4.90 Å². The molecule has 40 heavy (non-hydrogen) atoms. The summed E-state index contributed by atoms with van der Waals surface area (Å²) in [5.74, 6) is 0.391. The molecule has 0 saturated carbocycles. The van der Waals surface area contributed by atoms with Crippen molar-refractivity contribution in [3.8, 4) is 0 Å². The van der Waals surface area contributed by atoms with Crippen LogP contribution in [0.4, 0.5) is 4.79 Å². The first kappa shape index (κ1) is 34.1. The first-order chi connectivity index (χ1) is 18.7. The second kappa shape index (κ2) is 15.2. The van der Waals surface area contributed by atoms with Crippen LogP contribution in [-0.4, -0.2) is 66.7 Å². The van der Waals surface area contributed by atoms with Crippen LogP contribution < -0.4 is 0 Å². The fraction of sp³-hybridized carbons (Fsp3) is 0.758. The molecule has 0 aromatic rings. The normalized spacial score (nSPS) is 32.7. The van der Waals surface area contributed by atoms with E-state index < -0.39 is 12.2 Å². The zero-order chi connectivity index (χ0) is 30.2. The third-order valence-electron chi connectivity index (χ3n) is 8.53. The molecule has 7 heteroatoms. The topological polar surface area (TPSA) is 88.6 Å². The number of nitrogens with zero attached hydrogens (tertiary/aromatic N) is 1. The van der Waals surface area contributed by atoms with Crippen molar-refractivity contribution in [3.05, 3.63) is 36.0 Å². The summed E-state index contributed by atoms with van der Waals surface area (Å²) >= 11 is 0. The van der Waals surface area contributed by atoms with Gasteiger partial charge in [0.2, 0.25) is 0 Å². The van der Waals surface area contributed by atoms with E-state index in [-0.39, 0.29) is 53.5 Å². The van der Waals surface area contributed by atoms with Crippen LogP contribution in [0.15, 0.2) is 36.0 Å². The van der Waals surface area contributed by atoms with Gasteiger partial charge in [0.1, 0.15) is 12.2 Å². The zero-order valence-electron chi connectivity index (χ0n) is 26.6. The number of ether oxygens (including phenoxy) is 3. The van der Waals surface area contributed by atoms with Crippen LogP contribution in [0.5, 0.6) is 0 Å². The molecule has 2 heterocycles. The zero-order valence-corrected chi connectivity index (χ0v) is 26.6. The molecule has 0 aliphatic carbocycles. The van der Waals surface area contributed by atoms with E-state index in [1.807, 2.05) is 45.1 Å². The number of aliphatic hydroxyl groups excluding tert-OH is 1. The maximum atomic E-state index is 12.8. The van der Waals surface area contributed by atoms with E-state index in [0.29, 0.717) is 12.3 Å². The van der Waals surface area contributed by atoms with Crippen LogP contribution in [0.25, 0.3) is 0 Å². The monoisotopic (exact) mass is 561 g/mol. The number of cyclic esters (lactones) is 1. The molecule has 228 valence electrons. The van der Waals surface area contributed by atoms with Gasteiger partial charge in [-0.05, 0) is 55.4 Å². The van der Waals surface area contributed by atoms with Gasteiger partial charge < -0.3 is 24.2 Å². The van der Waals surface area contributed by atoms with Gasteiger partial charge in [0.05, 0.1) is 18.3 Å². The van der Waals surface area contributed by atoms with E-state index >= 15 is 0 Å². The average Bonchev–Trinajstić information content (AvgIpc) is 3.65. The van der Waals surface area contributed by atoms with Crippen molar-refractivity contribution in [1.29, 1.82) is 0 Å². The number of epoxide rings is 1. The minimum Gasteiger partial charge on any atom is -0.457 e. The lowest BCUT2D eigenvalue weighted by Crippen LogP contribution is -2.33. The molecular weight excluding hydrogens is 506 g/mol. The second-order valence-corrected chi connectivity index (χ2v) is 13.2. The van der Waals surface area contributed by atoms with Gasteiger partial charge in [-0.3, -0.25) is 4.79 Å². The van der Waals surface area contributed by atoms with Crippen molar-refractivity contribution in [1.82, 2.24) is 4.90 Å². The van der Waals surface area contributed by atoms with Crippen LogP contribution >= 0.6 is 0 Å². The maximum absolute atomic E-state index is 12.8. The van der Waals surface area contributed by atoms with E-state index in [9.17, 15) is 14.7 Å². The average molecular weight is 562 g/mol. The van der Waals surface area contributed by atoms with Crippen LogP contribution in [0.1, 0.15) is 87.5 Å². The van der Waals surface area contributed by atoms with Gasteiger partial charge >= 0.3 is 12.1 Å². The molecule has 1 N–H and O–H groups in total. The predicted octanol–water partition coefficient (Wildman–Crippen LogP) is 6.71. The lowest BCUT2D eigenvalue weighted by Gasteiger charge is -2.31. The summed E-state index contributed by atoms with van der Waals surface area (Å²) in [7, 11) is 3.38. The molecule has 2 rings (SSSR count). The van der Waals surface area contributed by atoms with E-state index in [4.69, 9.17) is 14.2 Å². The molecule has 0 bridgehead atoms. The number of carbonyl (C=O) groups is 2. The summed E-state index contributed by atoms with van der Waals surface area (Å²) in [4.78, 5) is 26.2. The largest absolute Gasteiger partial charge is 0.457 e. The highest BCUT2D eigenvalue weighted by Crippen LogP contribution is 2.37. The Bertz CT molecular complexity index is 922. The van der Waals surface area contributed by atoms with Crippen LogP contribution in [0.3, 0.4) is 0 Å². The minimum absolute atomic E-state index is 0.0681. The minimum atomic E-state index is -0.549. The molecule has 2 aliphatic heterocycles. The number of carbonyl (C=O) groups excluding carboxylic acids is 2. The molecule has 0 aromatic heterocycles. The lowest BCUT2D eigenvalue weighted by molar-refractivity contribution is -0.149. The first-order valence-electron chi connectivity index (χ1n) is 15.1. The van der Waals surface area contributed by atoms with Gasteiger partial charge in [0, 0.05) is 32.4 Å². The van der Waals surface area contributed by atoms with Crippen molar-refractivity contribution >= 4 is 12.1 Å². The highest BCUT2D eigenvalue weighted by atomic mass is 16.6. The summed E-state index contributed by atoms with van der Waals surface area (Å²) in [6.07, 6.45) is 12.6. The number of allylic oxidation sites excluding steroid dienone is 3. The molecule has 0 spiro atoms. The number of rotatable bonds is 9. The van der Waals surface area contributed by atoms with Crippen molar-refractivity contribution in [2.45, 2.75) is 118 Å². The molecule has 9 atom stereocenters. The standard InChI is InChI=1S/C33H55NO6/c1-11-26(39-32(37)34(9)10)25(6)31-27(38-31)19-21(2)13-12-14-23(4)30-24(5)15-16-28(35)33(7,8)18-17-22(3)20-29(36)40-30/h12-16,21-22,24-28,30-31,35H,11,17-20H2,1-10H3/b13-12+,16-15+,23-14+. The Morgan fingerprint density at radius 1 is 1.25 bits per heavy atom. The molecule has 7 nitrogen and oxygen atoms in total. The Morgan fingerprint density at radius 3 is 2.55 bits per heavy atom. The lowest BCUT2D eigenvalue weighted by atomic mass is 9.79. The van der Waals surface area contributed by atoms with E-state index in [1.54, 1.807) is 14.1 Å². The van der Waals surface area contributed by atoms with Crippen LogP contribution in [-0.2, 0) is 19.0 Å². The molecule has 2 aliphatic rings. The molecule has 1 saturated heterocycles. The molecule has 1 fully saturated rings. The molecule has 0 radical (unpaired) electrons. The summed E-state index contributed by atoms with van der Waals surface area (Å²) < 4.78 is 17.6. The third kappa shape index (κ3) is 10.4. The van der Waals surface area contributed by atoms with Crippen LogP contribution in [0, 0.1) is 29.1 Å². The SMILES string of the molecule is CCC(OC(=O)N(C)C)C(C)C1OC1CC(C)/C=C/C=C(\C)C1OC(=O)CC(C)CCC(C)(C)C(O)/C=C/C1C. The second-order valence-electron chi connectivity index (χ2n) is 13.2. The Kier molecular flexibility index (Phi) is 13.0. The maximum Gasteiger partial charge on any atom is 0.409 e. The Hall–Kier alpha value is -2.12. The summed E-state index contributed by atoms with van der Waals surface area (Å²) in [5.41, 5.74) is 0.721. The van der Waals surface area contributed by atoms with Gasteiger partial charge in [-0.2, -0.15) is 0 Å². The van der Waals surface area contributed by atoms with E-state index in [0.717, 1.165) is 31.3 Å². The summed E-state index contributed by atoms with van der Waals surface area (Å²) in [6.45, 7) is 16.5. The Morgan fingerprint density at radius 2 is 1.93 bits per heavy atom. The van der Waals surface area contributed by atoms with Gasteiger partial charge in [0.25, 0.3) is 0 Å². The number of hydrogen-bond acceptors (Lipinski definition) is 6. The predicted molar refractivity (Wildman–Crippen MR) is 160 cm³/mol. The third-order valence-corrected chi connectivity index (χ3v) is 8.53. The van der Waals surface area contributed by atoms with Crippen LogP contribution in [0.2, 0.25) is 0 Å². The summed E-state index contributed by atoms with van der Waals surface area (Å²) in [5, 5.41) is 10.8. The number of esters is 1. The highest BCUT2D eigenvalue weighted by Gasteiger charge is 2.46. The van der Waals surface area contributed by atoms with E-state index in [2.05, 4.69) is 40.7 Å². The van der Waals surface area contributed by atoms with Crippen molar-refractivity contribution in [2.75, 3.05) is 14.1 Å². The van der Waals surface area contributed by atoms with Gasteiger partial charge in [0.15, 0.2) is 0 Å². The molecule has 0 aromatic carbocycles. The Balaban J connectivity index is 2.01. The summed E-state index contributed by atoms with van der Waals surface area (Å²) in [6, 6.07) is 0.